The number of hydrogen-bond donors (Lipinski definition) is 1. The Kier molecular flexibility index (Phi) is 4.27. The summed E-state index contributed by atoms with van der Waals surface area (Å²) in [5.74, 6) is 0.0403. The number of halogens is 1. The largest absolute Gasteiger partial charge is 0.340 e. The van der Waals surface area contributed by atoms with Gasteiger partial charge in [-0.15, -0.1) is 0 Å². The number of amides is 1. The molecule has 1 aliphatic rings. The Morgan fingerprint density at radius 3 is 2.86 bits per heavy atom. The number of rotatable bonds is 3. The summed E-state index contributed by atoms with van der Waals surface area (Å²) in [6.07, 6.45) is 5.10. The van der Waals surface area contributed by atoms with Crippen molar-refractivity contribution in [3.05, 3.63) is 48.5 Å². The Bertz CT molecular complexity index is 650. The fraction of sp³-hybridized carbons (Fsp3) is 0.312. The molecule has 1 aromatic carbocycles. The highest BCUT2D eigenvalue weighted by molar-refractivity contribution is 5.93. The molecule has 0 radical (unpaired) electrons. The van der Waals surface area contributed by atoms with Gasteiger partial charge in [-0.3, -0.25) is 4.79 Å². The van der Waals surface area contributed by atoms with Gasteiger partial charge in [-0.25, -0.2) is 14.4 Å². The van der Waals surface area contributed by atoms with E-state index in [2.05, 4.69) is 15.3 Å². The molecule has 1 aromatic heterocycles. The van der Waals surface area contributed by atoms with Gasteiger partial charge in [0, 0.05) is 31.2 Å². The summed E-state index contributed by atoms with van der Waals surface area (Å²) < 4.78 is 13.2. The van der Waals surface area contributed by atoms with E-state index >= 15 is 0 Å². The molecule has 1 aliphatic heterocycles. The zero-order chi connectivity index (χ0) is 15.4. The highest BCUT2D eigenvalue weighted by Crippen LogP contribution is 2.21. The van der Waals surface area contributed by atoms with Crippen LogP contribution in [0, 0.1) is 11.7 Å². The summed E-state index contributed by atoms with van der Waals surface area (Å²) in [6, 6.07) is 7.70. The van der Waals surface area contributed by atoms with Gasteiger partial charge in [0.2, 0.25) is 11.9 Å². The molecule has 114 valence electrons. The van der Waals surface area contributed by atoms with Crippen molar-refractivity contribution >= 4 is 17.5 Å². The normalized spacial score (nSPS) is 18.0. The van der Waals surface area contributed by atoms with Crippen LogP contribution in [0.25, 0.3) is 0 Å². The van der Waals surface area contributed by atoms with E-state index in [1.54, 1.807) is 30.6 Å². The summed E-state index contributed by atoms with van der Waals surface area (Å²) in [5, 5.41) is 2.78. The minimum atomic E-state index is -0.360. The maximum atomic E-state index is 13.2. The summed E-state index contributed by atoms with van der Waals surface area (Å²) in [5.41, 5.74) is 0.484. The number of nitrogens with one attached hydrogen (secondary N) is 1. The quantitative estimate of drug-likeness (QED) is 0.946. The Morgan fingerprint density at radius 2 is 2.09 bits per heavy atom. The van der Waals surface area contributed by atoms with Crippen LogP contribution >= 0.6 is 0 Å². The molecular formula is C16H17FN4O. The third kappa shape index (κ3) is 3.39. The van der Waals surface area contributed by atoms with Crippen molar-refractivity contribution in [2.75, 3.05) is 23.3 Å². The summed E-state index contributed by atoms with van der Waals surface area (Å²) in [6.45, 7) is 1.42. The van der Waals surface area contributed by atoms with Gasteiger partial charge in [0.15, 0.2) is 0 Å². The van der Waals surface area contributed by atoms with Gasteiger partial charge in [0.05, 0.1) is 5.92 Å². The maximum Gasteiger partial charge on any atom is 0.229 e. The Hall–Kier alpha value is -2.50. The van der Waals surface area contributed by atoms with Crippen LogP contribution in [0.2, 0.25) is 0 Å². The third-order valence-electron chi connectivity index (χ3n) is 3.72. The molecule has 1 atom stereocenters. The predicted molar refractivity (Wildman–Crippen MR) is 82.0 cm³/mol. The lowest BCUT2D eigenvalue weighted by Crippen LogP contribution is -2.41. The van der Waals surface area contributed by atoms with E-state index in [0.717, 1.165) is 19.4 Å². The highest BCUT2D eigenvalue weighted by atomic mass is 19.1. The molecule has 1 amide bonds. The van der Waals surface area contributed by atoms with Gasteiger partial charge < -0.3 is 10.2 Å². The molecule has 0 aliphatic carbocycles. The zero-order valence-electron chi connectivity index (χ0n) is 12.1. The molecule has 1 unspecified atom stereocenters. The standard InChI is InChI=1S/C16H17FN4O/c17-13-5-1-6-14(10-13)20-15(22)12-4-2-9-21(11-12)16-18-7-3-8-19-16/h1,3,5-8,10,12H,2,4,9,11H2,(H,20,22). The van der Waals surface area contributed by atoms with Gasteiger partial charge >= 0.3 is 0 Å². The van der Waals surface area contributed by atoms with Crippen molar-refractivity contribution in [1.82, 2.24) is 9.97 Å². The molecule has 22 heavy (non-hydrogen) atoms. The monoisotopic (exact) mass is 300 g/mol. The zero-order valence-corrected chi connectivity index (χ0v) is 12.1. The predicted octanol–water partition coefficient (Wildman–Crippen LogP) is 2.47. The Balaban J connectivity index is 1.65. The number of benzene rings is 1. The number of anilines is 2. The summed E-state index contributed by atoms with van der Waals surface area (Å²) in [4.78, 5) is 22.8. The molecule has 1 N–H and O–H groups in total. The van der Waals surface area contributed by atoms with Gasteiger partial charge in [-0.1, -0.05) is 6.07 Å². The topological polar surface area (TPSA) is 58.1 Å². The molecule has 0 spiro atoms. The van der Waals surface area contributed by atoms with Crippen LogP contribution in [0.3, 0.4) is 0 Å². The van der Waals surface area contributed by atoms with Gasteiger partial charge in [-0.2, -0.15) is 0 Å². The number of nitrogens with zero attached hydrogens (tertiary/aromatic N) is 3. The van der Waals surface area contributed by atoms with Crippen LogP contribution < -0.4 is 10.2 Å². The number of carbonyl (C=O) groups is 1. The molecular weight excluding hydrogens is 283 g/mol. The van der Waals surface area contributed by atoms with Crippen LogP contribution in [0.5, 0.6) is 0 Å². The SMILES string of the molecule is O=C(Nc1cccc(F)c1)C1CCCN(c2ncccn2)C1. The van der Waals surface area contributed by atoms with Crippen molar-refractivity contribution in [2.24, 2.45) is 5.92 Å². The molecule has 3 rings (SSSR count). The first kappa shape index (κ1) is 14.4. The average molecular weight is 300 g/mol. The fourth-order valence-corrected chi connectivity index (χ4v) is 2.64. The fourth-order valence-electron chi connectivity index (χ4n) is 2.64. The smallest absolute Gasteiger partial charge is 0.229 e. The highest BCUT2D eigenvalue weighted by Gasteiger charge is 2.27. The maximum absolute atomic E-state index is 13.2. The minimum Gasteiger partial charge on any atom is -0.340 e. The van der Waals surface area contributed by atoms with E-state index in [0.29, 0.717) is 18.2 Å². The number of piperidine rings is 1. The van der Waals surface area contributed by atoms with Gasteiger partial charge in [-0.05, 0) is 37.1 Å². The van der Waals surface area contributed by atoms with E-state index in [9.17, 15) is 9.18 Å². The molecule has 1 saturated heterocycles. The van der Waals surface area contributed by atoms with E-state index < -0.39 is 0 Å². The second kappa shape index (κ2) is 6.51. The second-order valence-corrected chi connectivity index (χ2v) is 5.33. The van der Waals surface area contributed by atoms with Crippen molar-refractivity contribution in [2.45, 2.75) is 12.8 Å². The molecule has 6 heteroatoms. The summed E-state index contributed by atoms with van der Waals surface area (Å²) in [7, 11) is 0. The van der Waals surface area contributed by atoms with Gasteiger partial charge in [0.25, 0.3) is 0 Å². The first-order chi connectivity index (χ1) is 10.7. The second-order valence-electron chi connectivity index (χ2n) is 5.33. The van der Waals surface area contributed by atoms with E-state index in [-0.39, 0.29) is 17.6 Å². The van der Waals surface area contributed by atoms with Crippen LogP contribution in [-0.2, 0) is 4.79 Å². The average Bonchev–Trinajstić information content (AvgIpc) is 2.56. The first-order valence-corrected chi connectivity index (χ1v) is 7.31. The number of carbonyl (C=O) groups excluding carboxylic acids is 1. The van der Waals surface area contributed by atoms with E-state index in [1.807, 2.05) is 4.90 Å². The van der Waals surface area contributed by atoms with Crippen LogP contribution in [0.1, 0.15) is 12.8 Å². The molecule has 5 nitrogen and oxygen atoms in total. The number of aromatic nitrogens is 2. The molecule has 1 fully saturated rings. The molecule has 0 saturated carbocycles. The van der Waals surface area contributed by atoms with Crippen LogP contribution in [-0.4, -0.2) is 29.0 Å². The van der Waals surface area contributed by atoms with Crippen LogP contribution in [0.4, 0.5) is 16.0 Å². The van der Waals surface area contributed by atoms with Crippen LogP contribution in [0.15, 0.2) is 42.7 Å². The van der Waals surface area contributed by atoms with E-state index in [4.69, 9.17) is 0 Å². The number of hydrogen-bond acceptors (Lipinski definition) is 4. The Morgan fingerprint density at radius 1 is 1.27 bits per heavy atom. The van der Waals surface area contributed by atoms with Crippen molar-refractivity contribution < 1.29 is 9.18 Å². The minimum absolute atomic E-state index is 0.0915. The van der Waals surface area contributed by atoms with Gasteiger partial charge in [0.1, 0.15) is 5.82 Å². The molecule has 0 bridgehead atoms. The lowest BCUT2D eigenvalue weighted by Gasteiger charge is -2.31. The van der Waals surface area contributed by atoms with Crippen molar-refractivity contribution in [1.29, 1.82) is 0 Å². The van der Waals surface area contributed by atoms with Crippen molar-refractivity contribution in [3.63, 3.8) is 0 Å². The molecule has 2 heterocycles. The third-order valence-corrected chi connectivity index (χ3v) is 3.72. The lowest BCUT2D eigenvalue weighted by molar-refractivity contribution is -0.120. The first-order valence-electron chi connectivity index (χ1n) is 7.31. The Labute approximate surface area is 128 Å². The molecule has 2 aromatic rings. The lowest BCUT2D eigenvalue weighted by atomic mass is 9.97. The van der Waals surface area contributed by atoms with E-state index in [1.165, 1.54) is 12.1 Å². The summed E-state index contributed by atoms with van der Waals surface area (Å²) >= 11 is 0. The van der Waals surface area contributed by atoms with Crippen molar-refractivity contribution in [3.8, 4) is 0 Å².